The number of amides is 1. The van der Waals surface area contributed by atoms with Crippen LogP contribution in [0.1, 0.15) is 57.1 Å². The number of hydrogen-bond donors (Lipinski definition) is 1. The number of methoxy groups -OCH3 is 1. The summed E-state index contributed by atoms with van der Waals surface area (Å²) >= 11 is 0. The maximum absolute atomic E-state index is 12.4. The molecule has 2 heterocycles. The molecule has 0 saturated carbocycles. The molecule has 6 heteroatoms. The number of furan rings is 1. The average Bonchev–Trinajstić information content (AvgIpc) is 3.26. The van der Waals surface area contributed by atoms with Gasteiger partial charge in [0.1, 0.15) is 11.3 Å². The highest BCUT2D eigenvalue weighted by Crippen LogP contribution is 2.38. The Morgan fingerprint density at radius 1 is 1.26 bits per heavy atom. The average molecular weight is 424 g/mol. The molecular formula is C25H33N3O3. The number of hydrogen-bond acceptors (Lipinski definition) is 5. The second kappa shape index (κ2) is 10.4. The zero-order valence-electron chi connectivity index (χ0n) is 18.9. The molecule has 0 saturated heterocycles. The molecule has 3 atom stereocenters. The van der Waals surface area contributed by atoms with Crippen molar-refractivity contribution >= 4 is 23.1 Å². The summed E-state index contributed by atoms with van der Waals surface area (Å²) in [6.07, 6.45) is 9.95. The number of fused-ring (bicyclic) bond motifs is 1. The second-order valence-electron chi connectivity index (χ2n) is 8.21. The van der Waals surface area contributed by atoms with Gasteiger partial charge in [-0.1, -0.05) is 25.8 Å². The topological polar surface area (TPSA) is 81.6 Å². The molecule has 166 valence electrons. The highest BCUT2D eigenvalue weighted by atomic mass is 16.5. The van der Waals surface area contributed by atoms with E-state index in [2.05, 4.69) is 18.8 Å². The third-order valence-corrected chi connectivity index (χ3v) is 5.93. The van der Waals surface area contributed by atoms with Gasteiger partial charge in [-0.25, -0.2) is 0 Å². The van der Waals surface area contributed by atoms with Crippen LogP contribution in [-0.4, -0.2) is 30.6 Å². The fourth-order valence-electron chi connectivity index (χ4n) is 4.34. The van der Waals surface area contributed by atoms with Crippen molar-refractivity contribution in [1.82, 2.24) is 4.98 Å². The number of carbonyl (C=O) groups is 1. The summed E-state index contributed by atoms with van der Waals surface area (Å²) < 4.78 is 11.4. The van der Waals surface area contributed by atoms with Crippen LogP contribution in [-0.2, 0) is 11.2 Å². The van der Waals surface area contributed by atoms with E-state index in [-0.39, 0.29) is 18.0 Å². The molecule has 3 unspecified atom stereocenters. The van der Waals surface area contributed by atoms with E-state index in [1.165, 1.54) is 0 Å². The van der Waals surface area contributed by atoms with Crippen LogP contribution in [0.2, 0.25) is 0 Å². The normalized spacial score (nSPS) is 14.2. The van der Waals surface area contributed by atoms with Crippen molar-refractivity contribution in [1.29, 1.82) is 0 Å². The third-order valence-electron chi connectivity index (χ3n) is 5.93. The molecule has 0 fully saturated rings. The van der Waals surface area contributed by atoms with Crippen LogP contribution in [0.5, 0.6) is 5.75 Å². The monoisotopic (exact) mass is 423 g/mol. The summed E-state index contributed by atoms with van der Waals surface area (Å²) in [4.78, 5) is 18.5. The maximum Gasteiger partial charge on any atom is 0.214 e. The summed E-state index contributed by atoms with van der Waals surface area (Å²) in [6, 6.07) is 7.74. The van der Waals surface area contributed by atoms with Crippen molar-refractivity contribution in [2.75, 3.05) is 12.0 Å². The highest BCUT2D eigenvalue weighted by Gasteiger charge is 2.29. The van der Waals surface area contributed by atoms with E-state index in [4.69, 9.17) is 14.9 Å². The fourth-order valence-corrected chi connectivity index (χ4v) is 4.34. The molecule has 0 aliphatic rings. The molecule has 0 spiro atoms. The van der Waals surface area contributed by atoms with Gasteiger partial charge in [0.25, 0.3) is 0 Å². The molecule has 0 aliphatic heterocycles. The van der Waals surface area contributed by atoms with E-state index < -0.39 is 0 Å². The van der Waals surface area contributed by atoms with Crippen molar-refractivity contribution < 1.29 is 13.9 Å². The van der Waals surface area contributed by atoms with E-state index in [0.717, 1.165) is 59.2 Å². The van der Waals surface area contributed by atoms with Gasteiger partial charge in [0, 0.05) is 41.3 Å². The van der Waals surface area contributed by atoms with Crippen molar-refractivity contribution in [2.45, 2.75) is 64.5 Å². The Bertz CT molecular complexity index is 999. The number of unbranched alkanes of at least 4 members (excludes halogenated alkanes) is 1. The molecular weight excluding hydrogens is 390 g/mol. The summed E-state index contributed by atoms with van der Waals surface area (Å²) in [7, 11) is 1.67. The first kappa shape index (κ1) is 22.8. The minimum absolute atomic E-state index is 0.0247. The van der Waals surface area contributed by atoms with Gasteiger partial charge in [0.15, 0.2) is 0 Å². The molecule has 0 aliphatic carbocycles. The van der Waals surface area contributed by atoms with Crippen molar-refractivity contribution in [3.05, 3.63) is 54.0 Å². The quantitative estimate of drug-likeness (QED) is 0.436. The molecule has 1 amide bonds. The fraction of sp³-hybridized carbons (Fsp3) is 0.440. The number of nitrogens with two attached hydrogens (primary N) is 1. The Kier molecular flexibility index (Phi) is 7.69. The molecule has 6 nitrogen and oxygen atoms in total. The molecule has 3 aromatic rings. The summed E-state index contributed by atoms with van der Waals surface area (Å²) in [5.74, 6) is 0.883. The molecule has 31 heavy (non-hydrogen) atoms. The van der Waals surface area contributed by atoms with Gasteiger partial charge in [-0.3, -0.25) is 9.78 Å². The first-order chi connectivity index (χ1) is 15.0. The van der Waals surface area contributed by atoms with Crippen LogP contribution >= 0.6 is 0 Å². The first-order valence-corrected chi connectivity index (χ1v) is 11.0. The lowest BCUT2D eigenvalue weighted by Gasteiger charge is -2.33. The zero-order valence-corrected chi connectivity index (χ0v) is 18.9. The predicted octanol–water partition coefficient (Wildman–Crippen LogP) is 5.05. The number of aromatic nitrogens is 1. The largest absolute Gasteiger partial charge is 0.496 e. The van der Waals surface area contributed by atoms with E-state index in [0.29, 0.717) is 6.42 Å². The van der Waals surface area contributed by atoms with Crippen LogP contribution in [0, 0.1) is 0 Å². The molecule has 2 N–H and O–H groups in total. The van der Waals surface area contributed by atoms with E-state index >= 15 is 0 Å². The van der Waals surface area contributed by atoms with Crippen LogP contribution in [0.25, 0.3) is 11.0 Å². The van der Waals surface area contributed by atoms with Crippen LogP contribution in [0.4, 0.5) is 5.69 Å². The third kappa shape index (κ3) is 4.90. The number of benzene rings is 1. The van der Waals surface area contributed by atoms with Gasteiger partial charge in [-0.15, -0.1) is 0 Å². The number of pyridine rings is 1. The number of anilines is 1. The SMILES string of the molecule is CCCCC(c1cnccc1OC)C(C)N(C=O)c1ccc(CC(C)N)c2occc12. The first-order valence-electron chi connectivity index (χ1n) is 11.0. The Morgan fingerprint density at radius 3 is 2.74 bits per heavy atom. The number of rotatable bonds is 11. The summed E-state index contributed by atoms with van der Waals surface area (Å²) in [5.41, 5.74) is 9.71. The smallest absolute Gasteiger partial charge is 0.214 e. The van der Waals surface area contributed by atoms with Gasteiger partial charge in [0.05, 0.1) is 19.1 Å². The Morgan fingerprint density at radius 2 is 2.06 bits per heavy atom. The van der Waals surface area contributed by atoms with Crippen molar-refractivity contribution in [2.24, 2.45) is 5.73 Å². The van der Waals surface area contributed by atoms with Crippen LogP contribution < -0.4 is 15.4 Å². The van der Waals surface area contributed by atoms with Crippen LogP contribution in [0.3, 0.4) is 0 Å². The van der Waals surface area contributed by atoms with E-state index in [1.54, 1.807) is 24.5 Å². The van der Waals surface area contributed by atoms with Crippen LogP contribution in [0.15, 0.2) is 47.3 Å². The number of nitrogens with zero attached hydrogens (tertiary/aromatic N) is 2. The Balaban J connectivity index is 2.03. The van der Waals surface area contributed by atoms with Gasteiger partial charge < -0.3 is 19.8 Å². The van der Waals surface area contributed by atoms with E-state index in [9.17, 15) is 4.79 Å². The molecule has 0 bridgehead atoms. The van der Waals surface area contributed by atoms with E-state index in [1.807, 2.05) is 37.4 Å². The Hall–Kier alpha value is -2.86. The molecule has 2 aromatic heterocycles. The highest BCUT2D eigenvalue weighted by molar-refractivity contribution is 5.98. The Labute approximate surface area is 184 Å². The van der Waals surface area contributed by atoms with Gasteiger partial charge in [0.2, 0.25) is 6.41 Å². The van der Waals surface area contributed by atoms with Gasteiger partial charge in [-0.2, -0.15) is 0 Å². The lowest BCUT2D eigenvalue weighted by Crippen LogP contribution is -2.37. The molecule has 0 radical (unpaired) electrons. The minimum Gasteiger partial charge on any atom is -0.496 e. The summed E-state index contributed by atoms with van der Waals surface area (Å²) in [5, 5.41) is 0.921. The zero-order chi connectivity index (χ0) is 22.4. The maximum atomic E-state index is 12.4. The standard InChI is InChI=1S/C25H33N3O3/c1-5-6-7-20(22-15-27-12-10-24(22)30-4)18(3)28(16-29)23-9-8-19(14-17(2)26)25-21(23)11-13-31-25/h8-13,15-18,20H,5-7,14,26H2,1-4H3. The summed E-state index contributed by atoms with van der Waals surface area (Å²) in [6.45, 7) is 6.23. The second-order valence-corrected chi connectivity index (χ2v) is 8.21. The van der Waals surface area contributed by atoms with Crippen molar-refractivity contribution in [3.63, 3.8) is 0 Å². The predicted molar refractivity (Wildman–Crippen MR) is 125 cm³/mol. The number of ether oxygens (including phenoxy) is 1. The number of carbonyl (C=O) groups excluding carboxylic acids is 1. The van der Waals surface area contributed by atoms with Crippen molar-refractivity contribution in [3.8, 4) is 5.75 Å². The lowest BCUT2D eigenvalue weighted by atomic mass is 9.87. The van der Waals surface area contributed by atoms with Gasteiger partial charge >= 0.3 is 0 Å². The van der Waals surface area contributed by atoms with Gasteiger partial charge in [-0.05, 0) is 50.5 Å². The minimum atomic E-state index is -0.0977. The molecule has 1 aromatic carbocycles. The lowest BCUT2D eigenvalue weighted by molar-refractivity contribution is -0.107. The molecule has 3 rings (SSSR count).